The Hall–Kier alpha value is -2.34. The second kappa shape index (κ2) is 6.88. The maximum atomic E-state index is 12.8. The third kappa shape index (κ3) is 3.39. The van der Waals surface area contributed by atoms with Crippen molar-refractivity contribution >= 4 is 5.91 Å². The van der Waals surface area contributed by atoms with Crippen LogP contribution < -0.4 is 4.74 Å². The van der Waals surface area contributed by atoms with Gasteiger partial charge in [-0.05, 0) is 31.9 Å². The third-order valence-corrected chi connectivity index (χ3v) is 5.15. The van der Waals surface area contributed by atoms with Crippen molar-refractivity contribution in [3.05, 3.63) is 42.2 Å². The lowest BCUT2D eigenvalue weighted by atomic mass is 9.81. The number of ether oxygens (including phenoxy) is 1. The molecule has 134 valence electrons. The van der Waals surface area contributed by atoms with Gasteiger partial charge < -0.3 is 14.7 Å². The van der Waals surface area contributed by atoms with Crippen LogP contribution in [0.2, 0.25) is 0 Å². The molecule has 1 aromatic heterocycles. The maximum Gasteiger partial charge on any atom is 0.257 e. The van der Waals surface area contributed by atoms with Gasteiger partial charge >= 0.3 is 0 Å². The van der Waals surface area contributed by atoms with Crippen molar-refractivity contribution in [2.24, 2.45) is 5.92 Å². The van der Waals surface area contributed by atoms with E-state index in [1.165, 1.54) is 0 Å². The number of para-hydroxylation sites is 2. The predicted molar refractivity (Wildman–Crippen MR) is 95.0 cm³/mol. The Kier molecular flexibility index (Phi) is 4.81. The Morgan fingerprint density at radius 1 is 1.44 bits per heavy atom. The molecule has 1 aliphatic heterocycles. The highest BCUT2D eigenvalue weighted by Gasteiger charge is 2.38. The molecular weight excluding hydrogens is 318 g/mol. The van der Waals surface area contributed by atoms with Crippen molar-refractivity contribution in [2.75, 3.05) is 20.2 Å². The summed E-state index contributed by atoms with van der Waals surface area (Å²) in [6.07, 6.45) is 4.76. The molecule has 0 aliphatic carbocycles. The number of hydrogen-bond donors (Lipinski definition) is 1. The van der Waals surface area contributed by atoms with E-state index in [2.05, 4.69) is 5.10 Å². The molecule has 1 aromatic carbocycles. The summed E-state index contributed by atoms with van der Waals surface area (Å²) >= 11 is 0. The van der Waals surface area contributed by atoms with E-state index >= 15 is 0 Å². The van der Waals surface area contributed by atoms with E-state index in [1.807, 2.05) is 43.0 Å². The molecule has 6 nitrogen and oxygen atoms in total. The summed E-state index contributed by atoms with van der Waals surface area (Å²) in [7, 11) is 1.61. The molecule has 0 saturated carbocycles. The Morgan fingerprint density at radius 2 is 2.20 bits per heavy atom. The highest BCUT2D eigenvalue weighted by Crippen LogP contribution is 2.30. The fourth-order valence-corrected chi connectivity index (χ4v) is 3.44. The maximum absolute atomic E-state index is 12.8. The van der Waals surface area contributed by atoms with Crippen LogP contribution in [0.25, 0.3) is 5.69 Å². The average Bonchev–Trinajstić information content (AvgIpc) is 3.10. The van der Waals surface area contributed by atoms with Crippen molar-refractivity contribution in [3.63, 3.8) is 0 Å². The van der Waals surface area contributed by atoms with Crippen molar-refractivity contribution in [3.8, 4) is 11.4 Å². The third-order valence-electron chi connectivity index (χ3n) is 5.15. The van der Waals surface area contributed by atoms with Gasteiger partial charge in [-0.25, -0.2) is 4.68 Å². The van der Waals surface area contributed by atoms with E-state index in [9.17, 15) is 9.90 Å². The van der Waals surface area contributed by atoms with E-state index in [0.717, 1.165) is 12.1 Å². The van der Waals surface area contributed by atoms with Gasteiger partial charge in [0.15, 0.2) is 0 Å². The molecule has 1 aliphatic rings. The van der Waals surface area contributed by atoms with Crippen molar-refractivity contribution in [1.29, 1.82) is 0 Å². The zero-order chi connectivity index (χ0) is 18.0. The highest BCUT2D eigenvalue weighted by atomic mass is 16.5. The van der Waals surface area contributed by atoms with Crippen LogP contribution in [0.1, 0.15) is 37.0 Å². The summed E-state index contributed by atoms with van der Waals surface area (Å²) in [5, 5.41) is 14.8. The molecule has 0 radical (unpaired) electrons. The standard InChI is InChI=1S/C19H25N3O3/c1-4-15-13-21(10-9-19(15,2)24)18(23)14-11-20-22(12-14)16-7-5-6-8-17(16)25-3/h5-8,11-12,15,24H,4,9-10,13H2,1-3H3/t15-,19+/m0/s1. The van der Waals surface area contributed by atoms with Gasteiger partial charge in [0.25, 0.3) is 5.91 Å². The van der Waals surface area contributed by atoms with Crippen LogP contribution in [0.3, 0.4) is 0 Å². The Bertz CT molecular complexity index is 754. The number of rotatable bonds is 4. The second-order valence-electron chi connectivity index (χ2n) is 6.81. The highest BCUT2D eigenvalue weighted by molar-refractivity contribution is 5.94. The number of piperidine rings is 1. The molecule has 1 amide bonds. The smallest absolute Gasteiger partial charge is 0.257 e. The Labute approximate surface area is 148 Å². The van der Waals surface area contributed by atoms with Gasteiger partial charge in [0.05, 0.1) is 24.5 Å². The van der Waals surface area contributed by atoms with Crippen LogP contribution in [-0.2, 0) is 0 Å². The lowest BCUT2D eigenvalue weighted by molar-refractivity contribution is -0.0521. The summed E-state index contributed by atoms with van der Waals surface area (Å²) in [4.78, 5) is 14.6. The topological polar surface area (TPSA) is 67.6 Å². The molecule has 2 heterocycles. The minimum absolute atomic E-state index is 0.0462. The zero-order valence-electron chi connectivity index (χ0n) is 15.0. The first-order chi connectivity index (χ1) is 12.0. The largest absolute Gasteiger partial charge is 0.494 e. The summed E-state index contributed by atoms with van der Waals surface area (Å²) in [6.45, 7) is 5.04. The molecule has 2 atom stereocenters. The number of aliphatic hydroxyl groups is 1. The van der Waals surface area contributed by atoms with E-state index in [0.29, 0.717) is 30.8 Å². The number of hydrogen-bond acceptors (Lipinski definition) is 4. The number of methoxy groups -OCH3 is 1. The van der Waals surface area contributed by atoms with Crippen LogP contribution in [0.4, 0.5) is 0 Å². The lowest BCUT2D eigenvalue weighted by Gasteiger charge is -2.42. The molecule has 1 N–H and O–H groups in total. The van der Waals surface area contributed by atoms with Gasteiger partial charge in [-0.2, -0.15) is 5.10 Å². The molecule has 1 saturated heterocycles. The van der Waals surface area contributed by atoms with Crippen molar-refractivity contribution < 1.29 is 14.6 Å². The fourth-order valence-electron chi connectivity index (χ4n) is 3.44. The lowest BCUT2D eigenvalue weighted by Crippen LogP contribution is -2.51. The quantitative estimate of drug-likeness (QED) is 0.926. The average molecular weight is 343 g/mol. The summed E-state index contributed by atoms with van der Waals surface area (Å²) < 4.78 is 7.01. The first kappa shape index (κ1) is 17.5. The van der Waals surface area contributed by atoms with Gasteiger partial charge in [0.1, 0.15) is 11.4 Å². The number of carbonyl (C=O) groups is 1. The van der Waals surface area contributed by atoms with Gasteiger partial charge in [-0.1, -0.05) is 19.1 Å². The fraction of sp³-hybridized carbons (Fsp3) is 0.474. The zero-order valence-corrected chi connectivity index (χ0v) is 15.0. The molecule has 0 unspecified atom stereocenters. The minimum Gasteiger partial charge on any atom is -0.494 e. The minimum atomic E-state index is -0.701. The van der Waals surface area contributed by atoms with E-state index in [-0.39, 0.29) is 11.8 Å². The number of aromatic nitrogens is 2. The first-order valence-corrected chi connectivity index (χ1v) is 8.66. The van der Waals surface area contributed by atoms with E-state index in [1.54, 1.807) is 24.2 Å². The number of likely N-dealkylation sites (tertiary alicyclic amines) is 1. The molecule has 25 heavy (non-hydrogen) atoms. The molecule has 0 bridgehead atoms. The van der Waals surface area contributed by atoms with Crippen LogP contribution in [-0.4, -0.2) is 51.5 Å². The molecular formula is C19H25N3O3. The van der Waals surface area contributed by atoms with Gasteiger partial charge in [-0.15, -0.1) is 0 Å². The molecule has 6 heteroatoms. The normalized spacial score (nSPS) is 23.5. The predicted octanol–water partition coefficient (Wildman–Crippen LogP) is 2.50. The van der Waals surface area contributed by atoms with Crippen LogP contribution in [0, 0.1) is 5.92 Å². The van der Waals surface area contributed by atoms with Crippen LogP contribution in [0.5, 0.6) is 5.75 Å². The van der Waals surface area contributed by atoms with E-state index < -0.39 is 5.60 Å². The second-order valence-corrected chi connectivity index (χ2v) is 6.81. The molecule has 2 aromatic rings. The first-order valence-electron chi connectivity index (χ1n) is 8.66. The van der Waals surface area contributed by atoms with E-state index in [4.69, 9.17) is 4.74 Å². The molecule has 0 spiro atoms. The number of carbonyl (C=O) groups excluding carboxylic acids is 1. The summed E-state index contributed by atoms with van der Waals surface area (Å²) in [5.41, 5.74) is 0.631. The van der Waals surface area contributed by atoms with Crippen LogP contribution >= 0.6 is 0 Å². The number of benzene rings is 1. The number of nitrogens with zero attached hydrogens (tertiary/aromatic N) is 3. The van der Waals surface area contributed by atoms with Gasteiger partial charge in [0.2, 0.25) is 0 Å². The SMILES string of the molecule is CC[C@H]1CN(C(=O)c2cnn(-c3ccccc3OC)c2)CC[C@@]1(C)O. The van der Waals surface area contributed by atoms with Crippen molar-refractivity contribution in [2.45, 2.75) is 32.3 Å². The molecule has 3 rings (SSSR count). The monoisotopic (exact) mass is 343 g/mol. The number of amides is 1. The molecule has 1 fully saturated rings. The Balaban J connectivity index is 1.79. The van der Waals surface area contributed by atoms with Gasteiger partial charge in [0, 0.05) is 25.2 Å². The Morgan fingerprint density at radius 3 is 2.92 bits per heavy atom. The summed E-state index contributed by atoms with van der Waals surface area (Å²) in [5.74, 6) is 0.745. The van der Waals surface area contributed by atoms with Gasteiger partial charge in [-0.3, -0.25) is 4.79 Å². The van der Waals surface area contributed by atoms with Crippen molar-refractivity contribution in [1.82, 2.24) is 14.7 Å². The summed E-state index contributed by atoms with van der Waals surface area (Å²) in [6, 6.07) is 7.55. The van der Waals surface area contributed by atoms with Crippen LogP contribution in [0.15, 0.2) is 36.7 Å².